The zero-order valence-corrected chi connectivity index (χ0v) is 29.0. The molecular formula is C41H60N4. The lowest BCUT2D eigenvalue weighted by atomic mass is 9.97. The molecule has 0 amide bonds. The van der Waals surface area contributed by atoms with Gasteiger partial charge in [0.05, 0.1) is 0 Å². The van der Waals surface area contributed by atoms with Crippen molar-refractivity contribution < 1.29 is 0 Å². The highest BCUT2D eigenvalue weighted by Gasteiger charge is 2.17. The first-order chi connectivity index (χ1) is 21.3. The Morgan fingerprint density at radius 2 is 1.56 bits per heavy atom. The molecule has 0 saturated carbocycles. The van der Waals surface area contributed by atoms with E-state index in [1.54, 1.807) is 0 Å². The number of anilines is 1. The van der Waals surface area contributed by atoms with E-state index < -0.39 is 0 Å². The summed E-state index contributed by atoms with van der Waals surface area (Å²) in [6.07, 6.45) is 9.42. The van der Waals surface area contributed by atoms with Crippen LogP contribution in [0.4, 0.5) is 5.69 Å². The van der Waals surface area contributed by atoms with Crippen LogP contribution in [0, 0.1) is 18.8 Å². The van der Waals surface area contributed by atoms with Gasteiger partial charge in [0.15, 0.2) is 0 Å². The maximum atomic E-state index is 4.01. The zero-order valence-electron chi connectivity index (χ0n) is 29.0. The second kappa shape index (κ2) is 20.4. The molecule has 2 aliphatic rings. The SMILES string of the molecule is C=C/C(=C(C)\C(=C/C)c1ccccc1)N1CCCC1.CC(C)C.Cc1c(NCC2CCCNC2)cccc1-c1ccccc1.N. The third-order valence-electron chi connectivity index (χ3n) is 8.20. The molecule has 5 N–H and O–H groups in total. The number of nitrogens with one attached hydrogen (secondary N) is 2. The summed E-state index contributed by atoms with van der Waals surface area (Å²) < 4.78 is 0. The molecular weight excluding hydrogens is 548 g/mol. The van der Waals surface area contributed by atoms with Crippen molar-refractivity contribution in [3.05, 3.63) is 120 Å². The number of likely N-dealkylation sites (tertiary alicyclic amines) is 1. The van der Waals surface area contributed by atoms with Crippen molar-refractivity contribution in [1.29, 1.82) is 0 Å². The zero-order chi connectivity index (χ0) is 31.7. The van der Waals surface area contributed by atoms with E-state index in [2.05, 4.69) is 149 Å². The molecule has 3 aromatic rings. The summed E-state index contributed by atoms with van der Waals surface area (Å²) in [5.74, 6) is 1.58. The van der Waals surface area contributed by atoms with E-state index >= 15 is 0 Å². The summed E-state index contributed by atoms with van der Waals surface area (Å²) >= 11 is 0. The van der Waals surface area contributed by atoms with Gasteiger partial charge >= 0.3 is 0 Å². The summed E-state index contributed by atoms with van der Waals surface area (Å²) in [5, 5.41) is 7.14. The molecule has 1 unspecified atom stereocenters. The first kappa shape index (κ1) is 37.6. The highest BCUT2D eigenvalue weighted by Crippen LogP contribution is 2.30. The fourth-order valence-electron chi connectivity index (χ4n) is 5.94. The monoisotopic (exact) mass is 608 g/mol. The van der Waals surface area contributed by atoms with Crippen molar-refractivity contribution in [2.45, 2.75) is 67.2 Å². The van der Waals surface area contributed by atoms with Crippen LogP contribution < -0.4 is 16.8 Å². The Kier molecular flexibility index (Phi) is 17.1. The van der Waals surface area contributed by atoms with Crippen LogP contribution in [0.5, 0.6) is 0 Å². The first-order valence-electron chi connectivity index (χ1n) is 16.8. The smallest absolute Gasteiger partial charge is 0.0396 e. The maximum absolute atomic E-state index is 4.01. The molecule has 4 nitrogen and oxygen atoms in total. The third kappa shape index (κ3) is 12.0. The Hall–Kier alpha value is -3.60. The minimum atomic E-state index is 0. The van der Waals surface area contributed by atoms with E-state index in [4.69, 9.17) is 0 Å². The quantitative estimate of drug-likeness (QED) is 0.223. The normalized spacial score (nSPS) is 16.7. The molecule has 2 saturated heterocycles. The van der Waals surface area contributed by atoms with Gasteiger partial charge in [-0.25, -0.2) is 0 Å². The molecule has 2 aliphatic heterocycles. The van der Waals surface area contributed by atoms with Crippen molar-refractivity contribution in [3.8, 4) is 11.1 Å². The average Bonchev–Trinajstić information content (AvgIpc) is 3.58. The number of rotatable bonds is 8. The largest absolute Gasteiger partial charge is 0.384 e. The van der Waals surface area contributed by atoms with Crippen LogP contribution >= 0.6 is 0 Å². The van der Waals surface area contributed by atoms with Crippen LogP contribution in [-0.4, -0.2) is 37.6 Å². The molecule has 0 aromatic heterocycles. The van der Waals surface area contributed by atoms with E-state index in [0.717, 1.165) is 38.0 Å². The predicted molar refractivity (Wildman–Crippen MR) is 200 cm³/mol. The summed E-state index contributed by atoms with van der Waals surface area (Å²) in [5.41, 5.74) is 10.4. The molecule has 1 atom stereocenters. The third-order valence-corrected chi connectivity index (χ3v) is 8.20. The number of benzene rings is 3. The average molecular weight is 609 g/mol. The Morgan fingerprint density at radius 3 is 2.11 bits per heavy atom. The van der Waals surface area contributed by atoms with Gasteiger partial charge in [0.25, 0.3) is 0 Å². The molecule has 244 valence electrons. The summed E-state index contributed by atoms with van der Waals surface area (Å²) in [6.45, 7) is 22.7. The molecule has 2 fully saturated rings. The van der Waals surface area contributed by atoms with Crippen molar-refractivity contribution in [2.24, 2.45) is 11.8 Å². The molecule has 45 heavy (non-hydrogen) atoms. The van der Waals surface area contributed by atoms with Crippen LogP contribution in [0.1, 0.15) is 71.4 Å². The number of hydrogen-bond acceptors (Lipinski definition) is 4. The lowest BCUT2D eigenvalue weighted by Gasteiger charge is -2.24. The second-order valence-corrected chi connectivity index (χ2v) is 12.6. The minimum Gasteiger partial charge on any atom is -0.384 e. The Balaban J connectivity index is 0.000000276. The molecule has 5 rings (SSSR count). The van der Waals surface area contributed by atoms with E-state index in [9.17, 15) is 0 Å². The van der Waals surface area contributed by atoms with Gasteiger partial charge in [0.1, 0.15) is 0 Å². The lowest BCUT2D eigenvalue weighted by molar-refractivity contribution is 0.393. The van der Waals surface area contributed by atoms with Crippen molar-refractivity contribution in [1.82, 2.24) is 16.4 Å². The van der Waals surface area contributed by atoms with E-state index in [1.165, 1.54) is 77.0 Å². The van der Waals surface area contributed by atoms with Gasteiger partial charge in [0.2, 0.25) is 0 Å². The van der Waals surface area contributed by atoms with Crippen LogP contribution in [-0.2, 0) is 0 Å². The highest BCUT2D eigenvalue weighted by atomic mass is 15.1. The molecule has 0 radical (unpaired) electrons. The minimum absolute atomic E-state index is 0. The second-order valence-electron chi connectivity index (χ2n) is 12.6. The lowest BCUT2D eigenvalue weighted by Crippen LogP contribution is -2.33. The fourth-order valence-corrected chi connectivity index (χ4v) is 5.94. The number of nitrogens with zero attached hydrogens (tertiary/aromatic N) is 1. The number of hydrogen-bond donors (Lipinski definition) is 3. The number of allylic oxidation sites excluding steroid dienone is 4. The summed E-state index contributed by atoms with van der Waals surface area (Å²) in [7, 11) is 0. The molecule has 0 bridgehead atoms. The molecule has 4 heteroatoms. The summed E-state index contributed by atoms with van der Waals surface area (Å²) in [4.78, 5) is 2.45. The van der Waals surface area contributed by atoms with Crippen LogP contribution in [0.3, 0.4) is 0 Å². The standard InChI is InChI=1S/C19H24N2.C18H23N.C4H10.H3N/c1-15-18(17-8-3-2-4-9-17)10-5-11-19(15)21-14-16-7-6-12-20-13-16;1-4-17(16-11-7-6-8-12-16)15(3)18(5-2)19-13-9-10-14-19;1-4(2)3;/h2-5,8-11,16,20-21H,6-7,12-14H2,1H3;4-8,11-12H,2,9-10,13-14H2,1,3H3;4H,1-3H3;1H3/b;17-4+,18-15+;;. The van der Waals surface area contributed by atoms with Gasteiger partial charge in [-0.05, 0) is 117 Å². The van der Waals surface area contributed by atoms with E-state index in [0.29, 0.717) is 0 Å². The van der Waals surface area contributed by atoms with Gasteiger partial charge < -0.3 is 21.7 Å². The van der Waals surface area contributed by atoms with Gasteiger partial charge in [-0.3, -0.25) is 0 Å². The van der Waals surface area contributed by atoms with E-state index in [-0.39, 0.29) is 6.15 Å². The highest BCUT2D eigenvalue weighted by molar-refractivity contribution is 5.79. The maximum Gasteiger partial charge on any atom is 0.0396 e. The Morgan fingerprint density at radius 1 is 0.933 bits per heavy atom. The first-order valence-corrected chi connectivity index (χ1v) is 16.8. The van der Waals surface area contributed by atoms with Gasteiger partial charge in [-0.1, -0.05) is 106 Å². The fraction of sp³-hybridized carbons (Fsp3) is 0.415. The van der Waals surface area contributed by atoms with Gasteiger partial charge in [0, 0.05) is 31.0 Å². The Bertz CT molecular complexity index is 1310. The molecule has 3 aromatic carbocycles. The molecule has 2 heterocycles. The van der Waals surface area contributed by atoms with Crippen LogP contribution in [0.2, 0.25) is 0 Å². The van der Waals surface area contributed by atoms with Gasteiger partial charge in [-0.2, -0.15) is 0 Å². The van der Waals surface area contributed by atoms with Crippen molar-refractivity contribution >= 4 is 11.3 Å². The topological polar surface area (TPSA) is 62.3 Å². The summed E-state index contributed by atoms with van der Waals surface area (Å²) in [6, 6.07) is 27.8. The molecule has 0 spiro atoms. The van der Waals surface area contributed by atoms with Crippen molar-refractivity contribution in [2.75, 3.05) is 38.0 Å². The van der Waals surface area contributed by atoms with Gasteiger partial charge in [-0.15, -0.1) is 0 Å². The van der Waals surface area contributed by atoms with E-state index in [1.807, 2.05) is 6.08 Å². The van der Waals surface area contributed by atoms with Crippen LogP contribution in [0.15, 0.2) is 109 Å². The number of piperidine rings is 1. The Labute approximate surface area is 275 Å². The van der Waals surface area contributed by atoms with Crippen LogP contribution in [0.25, 0.3) is 16.7 Å². The van der Waals surface area contributed by atoms with Crippen molar-refractivity contribution in [3.63, 3.8) is 0 Å². The molecule has 0 aliphatic carbocycles. The predicted octanol–water partition coefficient (Wildman–Crippen LogP) is 10.5.